The average molecular weight is 555 g/mol. The fraction of sp³-hybridized carbons (Fsp3) is 0.154. The summed E-state index contributed by atoms with van der Waals surface area (Å²) in [6.07, 6.45) is 0. The van der Waals surface area contributed by atoms with E-state index in [4.69, 9.17) is 0 Å². The first kappa shape index (κ1) is 28.3. The molecule has 3 aromatic carbocycles. The van der Waals surface area contributed by atoms with E-state index in [1.165, 1.54) is 0 Å². The van der Waals surface area contributed by atoms with Crippen LogP contribution in [0.2, 0.25) is 0 Å². The number of nitrogens with zero attached hydrogens (tertiary/aromatic N) is 2. The molecule has 198 valence electrons. The minimum Gasteiger partial charge on any atom is -0.368 e. The lowest BCUT2D eigenvalue weighted by Gasteiger charge is -2.11. The Hall–Kier alpha value is -4.28. The molecular weight excluding hydrogens is 527 g/mol. The fourth-order valence-electron chi connectivity index (χ4n) is 3.87. The Kier molecular flexibility index (Phi) is 9.92. The van der Waals surface area contributed by atoms with Crippen molar-refractivity contribution in [3.05, 3.63) is 83.9 Å². The molecule has 2 aliphatic rings. The molecule has 0 saturated carbocycles. The Morgan fingerprint density at radius 3 is 1.34 bits per heavy atom. The van der Waals surface area contributed by atoms with Crippen LogP contribution in [-0.2, 0) is 0 Å². The molecule has 2 aliphatic heterocycles. The SMILES string of the molecule is Cl.Cl.O=C(Nc1ccc(C2=NCCN2)cc1)Nc1cccc(NC(=O)Nc2ccc(C3=NCCN3)cc2)c1. The van der Waals surface area contributed by atoms with Crippen molar-refractivity contribution in [1.82, 2.24) is 10.6 Å². The summed E-state index contributed by atoms with van der Waals surface area (Å²) >= 11 is 0. The number of amides is 4. The summed E-state index contributed by atoms with van der Waals surface area (Å²) in [5.41, 5.74) is 4.36. The summed E-state index contributed by atoms with van der Waals surface area (Å²) < 4.78 is 0. The van der Waals surface area contributed by atoms with Gasteiger partial charge in [0.15, 0.2) is 0 Å². The number of amidine groups is 2. The number of aliphatic imine (C=N–C) groups is 2. The van der Waals surface area contributed by atoms with E-state index in [9.17, 15) is 9.59 Å². The van der Waals surface area contributed by atoms with Gasteiger partial charge < -0.3 is 31.9 Å². The Morgan fingerprint density at radius 2 is 0.974 bits per heavy atom. The normalized spacial score (nSPS) is 13.4. The van der Waals surface area contributed by atoms with E-state index in [1.54, 1.807) is 24.3 Å². The molecule has 5 rings (SSSR count). The maximum absolute atomic E-state index is 12.4. The van der Waals surface area contributed by atoms with Crippen LogP contribution < -0.4 is 31.9 Å². The Labute approximate surface area is 232 Å². The molecule has 0 aromatic heterocycles. The van der Waals surface area contributed by atoms with Gasteiger partial charge in [-0.1, -0.05) is 6.07 Å². The first-order valence-corrected chi connectivity index (χ1v) is 11.7. The molecule has 0 radical (unpaired) electrons. The lowest BCUT2D eigenvalue weighted by molar-refractivity contribution is 0.261. The molecule has 4 amide bonds. The number of rotatable bonds is 6. The zero-order chi connectivity index (χ0) is 24.7. The predicted molar refractivity (Wildman–Crippen MR) is 158 cm³/mol. The van der Waals surface area contributed by atoms with Gasteiger partial charge in [-0.3, -0.25) is 9.98 Å². The molecule has 38 heavy (non-hydrogen) atoms. The second-order valence-corrected chi connectivity index (χ2v) is 8.21. The van der Waals surface area contributed by atoms with Crippen LogP contribution in [-0.4, -0.2) is 49.9 Å². The summed E-state index contributed by atoms with van der Waals surface area (Å²) in [6, 6.07) is 21.1. The highest BCUT2D eigenvalue weighted by Crippen LogP contribution is 2.18. The van der Waals surface area contributed by atoms with Crippen LogP contribution >= 0.6 is 24.8 Å². The summed E-state index contributed by atoms with van der Waals surface area (Å²) in [6.45, 7) is 3.23. The fourth-order valence-corrected chi connectivity index (χ4v) is 3.87. The third-order valence-electron chi connectivity index (χ3n) is 5.56. The van der Waals surface area contributed by atoms with Gasteiger partial charge in [-0.25, -0.2) is 9.59 Å². The zero-order valence-electron chi connectivity index (χ0n) is 20.3. The van der Waals surface area contributed by atoms with Crippen molar-refractivity contribution in [2.24, 2.45) is 9.98 Å². The average Bonchev–Trinajstić information content (AvgIpc) is 3.60. The summed E-state index contributed by atoms with van der Waals surface area (Å²) in [7, 11) is 0. The zero-order valence-corrected chi connectivity index (χ0v) is 21.9. The Morgan fingerprint density at radius 1 is 0.579 bits per heavy atom. The molecule has 0 fully saturated rings. The Balaban J connectivity index is 0.00000200. The van der Waals surface area contributed by atoms with Crippen molar-refractivity contribution >= 4 is 71.3 Å². The molecule has 6 N–H and O–H groups in total. The molecule has 10 nitrogen and oxygen atoms in total. The van der Waals surface area contributed by atoms with E-state index in [2.05, 4.69) is 41.9 Å². The second-order valence-electron chi connectivity index (χ2n) is 8.21. The topological polar surface area (TPSA) is 131 Å². The Bertz CT molecular complexity index is 1230. The molecule has 0 unspecified atom stereocenters. The first-order valence-electron chi connectivity index (χ1n) is 11.7. The molecule has 0 saturated heterocycles. The number of urea groups is 2. The van der Waals surface area contributed by atoms with Gasteiger partial charge in [0, 0.05) is 47.0 Å². The van der Waals surface area contributed by atoms with E-state index in [0.29, 0.717) is 22.7 Å². The van der Waals surface area contributed by atoms with Crippen molar-refractivity contribution < 1.29 is 9.59 Å². The maximum atomic E-state index is 12.4. The van der Waals surface area contributed by atoms with Crippen molar-refractivity contribution in [1.29, 1.82) is 0 Å². The van der Waals surface area contributed by atoms with Crippen LogP contribution in [0.15, 0.2) is 82.8 Å². The highest BCUT2D eigenvalue weighted by molar-refractivity contribution is 6.04. The van der Waals surface area contributed by atoms with E-state index >= 15 is 0 Å². The minimum atomic E-state index is -0.387. The van der Waals surface area contributed by atoms with Gasteiger partial charge in [0.2, 0.25) is 0 Å². The maximum Gasteiger partial charge on any atom is 0.323 e. The van der Waals surface area contributed by atoms with Gasteiger partial charge in [0.1, 0.15) is 11.7 Å². The second kappa shape index (κ2) is 13.3. The molecule has 0 spiro atoms. The van der Waals surface area contributed by atoms with E-state index < -0.39 is 0 Å². The summed E-state index contributed by atoms with van der Waals surface area (Å²) in [4.78, 5) is 33.7. The van der Waals surface area contributed by atoms with Crippen LogP contribution in [0.1, 0.15) is 11.1 Å². The van der Waals surface area contributed by atoms with Crippen molar-refractivity contribution in [3.8, 4) is 0 Å². The summed E-state index contributed by atoms with van der Waals surface area (Å²) in [5, 5.41) is 17.6. The van der Waals surface area contributed by atoms with Crippen LogP contribution in [0.5, 0.6) is 0 Å². The van der Waals surface area contributed by atoms with Gasteiger partial charge >= 0.3 is 12.1 Å². The number of carbonyl (C=O) groups is 2. The predicted octanol–water partition coefficient (Wildman–Crippen LogP) is 4.52. The first-order chi connectivity index (χ1) is 17.6. The van der Waals surface area contributed by atoms with Gasteiger partial charge in [0.05, 0.1) is 13.1 Å². The summed E-state index contributed by atoms with van der Waals surface area (Å²) in [5.74, 6) is 1.74. The number of anilines is 4. The smallest absolute Gasteiger partial charge is 0.323 e. The number of carbonyl (C=O) groups excluding carboxylic acids is 2. The number of hydrogen-bond acceptors (Lipinski definition) is 6. The van der Waals surface area contributed by atoms with E-state index in [0.717, 1.165) is 49.0 Å². The largest absolute Gasteiger partial charge is 0.368 e. The molecule has 2 heterocycles. The third kappa shape index (κ3) is 7.37. The number of nitrogens with one attached hydrogen (secondary N) is 6. The lowest BCUT2D eigenvalue weighted by Crippen LogP contribution is -2.21. The molecule has 12 heteroatoms. The van der Waals surface area contributed by atoms with Crippen molar-refractivity contribution in [3.63, 3.8) is 0 Å². The highest BCUT2D eigenvalue weighted by Gasteiger charge is 2.10. The van der Waals surface area contributed by atoms with E-state index in [1.807, 2.05) is 48.5 Å². The molecule has 3 aromatic rings. The van der Waals surface area contributed by atoms with Crippen LogP contribution in [0.3, 0.4) is 0 Å². The molecule has 0 atom stereocenters. The standard InChI is InChI=1S/C26H26N8O2.2ClH/c35-25(31-19-8-4-17(5-9-19)23-27-12-13-28-23)33-21-2-1-3-22(16-21)34-26(36)32-20-10-6-18(7-11-20)24-29-14-15-30-24;;/h1-11,16H,12-15H2,(H,27,28)(H,29,30)(H2,31,33,35)(H2,32,34,36);2*1H. The lowest BCUT2D eigenvalue weighted by atomic mass is 10.2. The molecular formula is C26H28Cl2N8O2. The third-order valence-corrected chi connectivity index (χ3v) is 5.56. The number of benzene rings is 3. The van der Waals surface area contributed by atoms with Gasteiger partial charge in [-0.15, -0.1) is 24.8 Å². The van der Waals surface area contributed by atoms with Crippen molar-refractivity contribution in [2.45, 2.75) is 0 Å². The van der Waals surface area contributed by atoms with Crippen LogP contribution in [0, 0.1) is 0 Å². The molecule has 0 aliphatic carbocycles. The van der Waals surface area contributed by atoms with E-state index in [-0.39, 0.29) is 36.9 Å². The number of hydrogen-bond donors (Lipinski definition) is 6. The quantitative estimate of drug-likeness (QED) is 0.267. The monoisotopic (exact) mass is 554 g/mol. The van der Waals surface area contributed by atoms with Gasteiger partial charge in [-0.2, -0.15) is 0 Å². The minimum absolute atomic E-state index is 0. The molecule has 0 bridgehead atoms. The van der Waals surface area contributed by atoms with Crippen LogP contribution in [0.25, 0.3) is 0 Å². The number of halogens is 2. The van der Waals surface area contributed by atoms with Gasteiger partial charge in [-0.05, 0) is 66.7 Å². The highest BCUT2D eigenvalue weighted by atomic mass is 35.5. The van der Waals surface area contributed by atoms with Crippen molar-refractivity contribution in [2.75, 3.05) is 47.4 Å². The van der Waals surface area contributed by atoms with Crippen LogP contribution in [0.4, 0.5) is 32.3 Å². The van der Waals surface area contributed by atoms with Gasteiger partial charge in [0.25, 0.3) is 0 Å².